The Labute approximate surface area is 126 Å². The van der Waals surface area contributed by atoms with E-state index in [1.54, 1.807) is 7.05 Å². The summed E-state index contributed by atoms with van der Waals surface area (Å²) >= 11 is 0. The zero-order valence-corrected chi connectivity index (χ0v) is 12.8. The highest BCUT2D eigenvalue weighted by Gasteiger charge is 2.02. The van der Waals surface area contributed by atoms with E-state index in [-0.39, 0.29) is 5.91 Å². The van der Waals surface area contributed by atoms with Gasteiger partial charge in [-0.1, -0.05) is 38.1 Å². The maximum absolute atomic E-state index is 11.5. The van der Waals surface area contributed by atoms with Crippen LogP contribution in [0.3, 0.4) is 0 Å². The molecule has 0 radical (unpaired) electrons. The normalized spacial score (nSPS) is 10.5. The first-order valence-corrected chi connectivity index (χ1v) is 7.25. The minimum atomic E-state index is -0.0641. The van der Waals surface area contributed by atoms with Gasteiger partial charge in [0, 0.05) is 24.8 Å². The summed E-state index contributed by atoms with van der Waals surface area (Å²) in [6, 6.07) is 16.2. The lowest BCUT2D eigenvalue weighted by Gasteiger charge is -2.09. The molecule has 0 aliphatic carbocycles. The average Bonchev–Trinajstić information content (AvgIpc) is 2.53. The fourth-order valence-electron chi connectivity index (χ4n) is 2.11. The van der Waals surface area contributed by atoms with Crippen molar-refractivity contribution in [3.8, 4) is 0 Å². The first kappa shape index (κ1) is 15.1. The highest BCUT2D eigenvalue weighted by atomic mass is 16.1. The molecule has 0 aromatic heterocycles. The molecule has 0 spiro atoms. The third-order valence-corrected chi connectivity index (χ3v) is 3.52. The van der Waals surface area contributed by atoms with E-state index in [1.165, 1.54) is 11.1 Å². The number of carbonyl (C=O) groups excluding carboxylic acids is 1. The number of carbonyl (C=O) groups is 1. The smallest absolute Gasteiger partial charge is 0.251 e. The van der Waals surface area contributed by atoms with Crippen LogP contribution in [0.25, 0.3) is 0 Å². The molecule has 0 unspecified atom stereocenters. The molecule has 0 saturated carbocycles. The molecule has 2 aromatic rings. The molecule has 2 rings (SSSR count). The van der Waals surface area contributed by atoms with Crippen LogP contribution in [0, 0.1) is 0 Å². The van der Waals surface area contributed by atoms with Crippen LogP contribution in [0.1, 0.15) is 41.3 Å². The summed E-state index contributed by atoms with van der Waals surface area (Å²) in [6.07, 6.45) is 0. The lowest BCUT2D eigenvalue weighted by Crippen LogP contribution is -2.17. The Kier molecular flexibility index (Phi) is 4.99. The van der Waals surface area contributed by atoms with Gasteiger partial charge < -0.3 is 10.6 Å². The van der Waals surface area contributed by atoms with E-state index in [0.29, 0.717) is 11.5 Å². The summed E-state index contributed by atoms with van der Waals surface area (Å²) in [5.41, 5.74) is 4.28. The lowest BCUT2D eigenvalue weighted by atomic mass is 10.0. The van der Waals surface area contributed by atoms with E-state index in [2.05, 4.69) is 48.7 Å². The molecule has 0 heterocycles. The highest BCUT2D eigenvalue weighted by Crippen LogP contribution is 2.16. The van der Waals surface area contributed by atoms with E-state index in [9.17, 15) is 4.79 Å². The van der Waals surface area contributed by atoms with Crippen LogP contribution in [0.5, 0.6) is 0 Å². The first-order valence-electron chi connectivity index (χ1n) is 7.25. The summed E-state index contributed by atoms with van der Waals surface area (Å²) in [5, 5.41) is 5.98. The predicted molar refractivity (Wildman–Crippen MR) is 87.7 cm³/mol. The summed E-state index contributed by atoms with van der Waals surface area (Å²) in [4.78, 5) is 11.5. The number of hydrogen-bond donors (Lipinski definition) is 2. The summed E-state index contributed by atoms with van der Waals surface area (Å²) in [7, 11) is 1.63. The van der Waals surface area contributed by atoms with Crippen LogP contribution < -0.4 is 10.6 Å². The SMILES string of the molecule is CNC(=O)c1ccc(NCc2ccc(C(C)C)cc2)cc1. The van der Waals surface area contributed by atoms with Crippen molar-refractivity contribution >= 4 is 11.6 Å². The average molecular weight is 282 g/mol. The standard InChI is InChI=1S/C18H22N2O/c1-13(2)15-6-4-14(5-7-15)12-20-17-10-8-16(9-11-17)18(21)19-3/h4-11,13,20H,12H2,1-3H3,(H,19,21). The number of anilines is 1. The van der Waals surface area contributed by atoms with E-state index in [1.807, 2.05) is 24.3 Å². The largest absolute Gasteiger partial charge is 0.381 e. The van der Waals surface area contributed by atoms with E-state index < -0.39 is 0 Å². The predicted octanol–water partition coefficient (Wildman–Crippen LogP) is 3.78. The van der Waals surface area contributed by atoms with Crippen LogP contribution in [0.4, 0.5) is 5.69 Å². The van der Waals surface area contributed by atoms with Crippen molar-refractivity contribution in [3.05, 3.63) is 65.2 Å². The zero-order valence-electron chi connectivity index (χ0n) is 12.8. The van der Waals surface area contributed by atoms with Gasteiger partial charge in [-0.15, -0.1) is 0 Å². The molecule has 1 amide bonds. The molecule has 0 fully saturated rings. The molecule has 2 aromatic carbocycles. The number of hydrogen-bond acceptors (Lipinski definition) is 2. The van der Waals surface area contributed by atoms with Gasteiger partial charge in [0.1, 0.15) is 0 Å². The number of rotatable bonds is 5. The van der Waals surface area contributed by atoms with Gasteiger partial charge in [-0.3, -0.25) is 4.79 Å². The van der Waals surface area contributed by atoms with Gasteiger partial charge in [-0.2, -0.15) is 0 Å². The van der Waals surface area contributed by atoms with E-state index in [4.69, 9.17) is 0 Å². The van der Waals surface area contributed by atoms with Crippen molar-refractivity contribution in [1.82, 2.24) is 5.32 Å². The summed E-state index contributed by atoms with van der Waals surface area (Å²) in [5.74, 6) is 0.495. The van der Waals surface area contributed by atoms with Crippen molar-refractivity contribution in [3.63, 3.8) is 0 Å². The van der Waals surface area contributed by atoms with Gasteiger partial charge in [0.15, 0.2) is 0 Å². The second kappa shape index (κ2) is 6.93. The maximum Gasteiger partial charge on any atom is 0.251 e. The lowest BCUT2D eigenvalue weighted by molar-refractivity contribution is 0.0963. The summed E-state index contributed by atoms with van der Waals surface area (Å²) in [6.45, 7) is 5.17. The highest BCUT2D eigenvalue weighted by molar-refractivity contribution is 5.94. The van der Waals surface area contributed by atoms with Crippen LogP contribution >= 0.6 is 0 Å². The molecule has 110 valence electrons. The van der Waals surface area contributed by atoms with Gasteiger partial charge >= 0.3 is 0 Å². The van der Waals surface area contributed by atoms with E-state index in [0.717, 1.165) is 12.2 Å². The maximum atomic E-state index is 11.5. The van der Waals surface area contributed by atoms with Crippen LogP contribution in [0.15, 0.2) is 48.5 Å². The first-order chi connectivity index (χ1) is 10.1. The molecular formula is C18H22N2O. The minimum absolute atomic E-state index is 0.0641. The third kappa shape index (κ3) is 4.09. The van der Waals surface area contributed by atoms with Crippen molar-refractivity contribution in [2.75, 3.05) is 12.4 Å². The van der Waals surface area contributed by atoms with Gasteiger partial charge in [-0.05, 0) is 41.3 Å². The Morgan fingerprint density at radius 3 is 2.14 bits per heavy atom. The Bertz CT molecular complexity index is 586. The second-order valence-corrected chi connectivity index (χ2v) is 5.41. The molecule has 0 atom stereocenters. The van der Waals surface area contributed by atoms with Crippen molar-refractivity contribution < 1.29 is 4.79 Å². The number of nitrogens with one attached hydrogen (secondary N) is 2. The van der Waals surface area contributed by atoms with Crippen LogP contribution in [-0.2, 0) is 6.54 Å². The third-order valence-electron chi connectivity index (χ3n) is 3.52. The van der Waals surface area contributed by atoms with Crippen molar-refractivity contribution in [2.45, 2.75) is 26.3 Å². The molecule has 2 N–H and O–H groups in total. The fraction of sp³-hybridized carbons (Fsp3) is 0.278. The second-order valence-electron chi connectivity index (χ2n) is 5.41. The number of benzene rings is 2. The monoisotopic (exact) mass is 282 g/mol. The van der Waals surface area contributed by atoms with Gasteiger partial charge in [0.25, 0.3) is 5.91 Å². The Hall–Kier alpha value is -2.29. The van der Waals surface area contributed by atoms with Gasteiger partial charge in [0.2, 0.25) is 0 Å². The molecule has 3 nitrogen and oxygen atoms in total. The quantitative estimate of drug-likeness (QED) is 0.876. The van der Waals surface area contributed by atoms with Gasteiger partial charge in [0.05, 0.1) is 0 Å². The molecule has 3 heteroatoms. The molecule has 0 saturated heterocycles. The molecule has 0 aliphatic rings. The topological polar surface area (TPSA) is 41.1 Å². The summed E-state index contributed by atoms with van der Waals surface area (Å²) < 4.78 is 0. The molecule has 21 heavy (non-hydrogen) atoms. The Balaban J connectivity index is 1.95. The van der Waals surface area contributed by atoms with Crippen LogP contribution in [0.2, 0.25) is 0 Å². The number of amides is 1. The van der Waals surface area contributed by atoms with Crippen molar-refractivity contribution in [2.24, 2.45) is 0 Å². The van der Waals surface area contributed by atoms with Crippen LogP contribution in [-0.4, -0.2) is 13.0 Å². The fourth-order valence-corrected chi connectivity index (χ4v) is 2.11. The zero-order chi connectivity index (χ0) is 15.2. The molecule has 0 aliphatic heterocycles. The molecular weight excluding hydrogens is 260 g/mol. The molecule has 0 bridgehead atoms. The van der Waals surface area contributed by atoms with Crippen molar-refractivity contribution in [1.29, 1.82) is 0 Å². The Morgan fingerprint density at radius 1 is 1.00 bits per heavy atom. The van der Waals surface area contributed by atoms with Gasteiger partial charge in [-0.25, -0.2) is 0 Å². The Morgan fingerprint density at radius 2 is 1.62 bits per heavy atom. The van der Waals surface area contributed by atoms with E-state index >= 15 is 0 Å². The minimum Gasteiger partial charge on any atom is -0.381 e.